The summed E-state index contributed by atoms with van der Waals surface area (Å²) in [5, 5.41) is 16.5. The normalized spacial score (nSPS) is 12.0. The number of hydrogen-bond acceptors (Lipinski definition) is 5. The molecule has 0 bridgehead atoms. The van der Waals surface area contributed by atoms with Crippen LogP contribution in [0.2, 0.25) is 0 Å². The Morgan fingerprint density at radius 1 is 1.16 bits per heavy atom. The molecule has 31 heavy (non-hydrogen) atoms. The summed E-state index contributed by atoms with van der Waals surface area (Å²) < 4.78 is 10.6. The Hall–Kier alpha value is -1.91. The van der Waals surface area contributed by atoms with Crippen molar-refractivity contribution in [3.63, 3.8) is 0 Å². The van der Waals surface area contributed by atoms with Gasteiger partial charge in [0.1, 0.15) is 5.75 Å². The first-order valence-electron chi connectivity index (χ1n) is 10.5. The molecule has 0 spiro atoms. The molecular weight excluding hydrogens is 507 g/mol. The average molecular weight is 542 g/mol. The number of aliphatic hydroxyl groups excluding tert-OH is 1. The van der Waals surface area contributed by atoms with E-state index < -0.39 is 0 Å². The van der Waals surface area contributed by atoms with Gasteiger partial charge in [0, 0.05) is 50.7 Å². The molecule has 0 saturated carbocycles. The second-order valence-electron chi connectivity index (χ2n) is 6.94. The fourth-order valence-corrected chi connectivity index (χ4v) is 2.86. The highest BCUT2D eigenvalue weighted by Crippen LogP contribution is 2.12. The first kappa shape index (κ1) is 27.1. The van der Waals surface area contributed by atoms with E-state index in [4.69, 9.17) is 14.5 Å². The number of hydrogen-bond donors (Lipinski definition) is 3. The lowest BCUT2D eigenvalue weighted by molar-refractivity contribution is 0.145. The molecule has 0 aliphatic rings. The van der Waals surface area contributed by atoms with Gasteiger partial charge in [-0.15, -0.1) is 24.0 Å². The first-order valence-corrected chi connectivity index (χ1v) is 10.5. The van der Waals surface area contributed by atoms with Gasteiger partial charge < -0.3 is 25.2 Å². The van der Waals surface area contributed by atoms with Gasteiger partial charge in [-0.2, -0.15) is 0 Å². The number of halogens is 1. The zero-order valence-electron chi connectivity index (χ0n) is 18.4. The van der Waals surface area contributed by atoms with Crippen LogP contribution >= 0.6 is 24.0 Å². The first-order chi connectivity index (χ1) is 14.7. The predicted molar refractivity (Wildman–Crippen MR) is 135 cm³/mol. The van der Waals surface area contributed by atoms with E-state index in [0.717, 1.165) is 42.5 Å². The Bertz CT molecular complexity index is 729. The number of aliphatic hydroxyl groups is 1. The van der Waals surface area contributed by atoms with Gasteiger partial charge in [-0.05, 0) is 49.6 Å². The number of nitrogens with zero attached hydrogens (tertiary/aromatic N) is 2. The maximum Gasteiger partial charge on any atom is 0.191 e. The minimum Gasteiger partial charge on any atom is -0.497 e. The highest BCUT2D eigenvalue weighted by atomic mass is 127. The predicted octanol–water partition coefficient (Wildman–Crippen LogP) is 3.02. The Morgan fingerprint density at radius 3 is 2.61 bits per heavy atom. The number of guanidine groups is 1. The Balaban J connectivity index is 0.00000480. The maximum absolute atomic E-state index is 9.77. The molecule has 0 amide bonds. The Morgan fingerprint density at radius 2 is 1.97 bits per heavy atom. The standard InChI is InChI=1S/C23H34N4O3.HI/c1-3-30-14-6-13-25-23(26-16-19-8-10-22(29-2)11-9-19)27-17-20(18-28)15-21-7-4-5-12-24-21;/h4-5,7-12,20,28H,3,6,13-18H2,1-2H3,(H2,25,26,27);1H. The van der Waals surface area contributed by atoms with Gasteiger partial charge in [0.25, 0.3) is 0 Å². The van der Waals surface area contributed by atoms with Crippen LogP contribution in [0.1, 0.15) is 24.6 Å². The van der Waals surface area contributed by atoms with Crippen LogP contribution in [0.5, 0.6) is 5.75 Å². The van der Waals surface area contributed by atoms with Crippen LogP contribution in [0.25, 0.3) is 0 Å². The third kappa shape index (κ3) is 11.3. The minimum atomic E-state index is 0. The van der Waals surface area contributed by atoms with E-state index in [-0.39, 0.29) is 36.5 Å². The molecule has 3 N–H and O–H groups in total. The topological polar surface area (TPSA) is 88.0 Å². The van der Waals surface area contributed by atoms with Crippen LogP contribution in [0.4, 0.5) is 0 Å². The van der Waals surface area contributed by atoms with Gasteiger partial charge >= 0.3 is 0 Å². The highest BCUT2D eigenvalue weighted by Gasteiger charge is 2.10. The molecule has 1 unspecified atom stereocenters. The van der Waals surface area contributed by atoms with Crippen LogP contribution in [0.15, 0.2) is 53.7 Å². The Labute approximate surface area is 202 Å². The van der Waals surface area contributed by atoms with Crippen LogP contribution in [0.3, 0.4) is 0 Å². The van der Waals surface area contributed by atoms with Crippen molar-refractivity contribution < 1.29 is 14.6 Å². The van der Waals surface area contributed by atoms with Crippen molar-refractivity contribution >= 4 is 29.9 Å². The van der Waals surface area contributed by atoms with E-state index in [9.17, 15) is 5.11 Å². The molecule has 7 nitrogen and oxygen atoms in total. The van der Waals surface area contributed by atoms with E-state index in [1.165, 1.54) is 0 Å². The maximum atomic E-state index is 9.77. The lowest BCUT2D eigenvalue weighted by Gasteiger charge is -2.18. The fraction of sp³-hybridized carbons (Fsp3) is 0.478. The van der Waals surface area contributed by atoms with Gasteiger partial charge in [-0.25, -0.2) is 4.99 Å². The van der Waals surface area contributed by atoms with Crippen molar-refractivity contribution in [2.75, 3.05) is 40.0 Å². The van der Waals surface area contributed by atoms with Crippen LogP contribution in [-0.2, 0) is 17.7 Å². The van der Waals surface area contributed by atoms with E-state index in [0.29, 0.717) is 26.1 Å². The molecule has 1 aromatic heterocycles. The van der Waals surface area contributed by atoms with E-state index >= 15 is 0 Å². The monoisotopic (exact) mass is 542 g/mol. The zero-order valence-corrected chi connectivity index (χ0v) is 20.7. The molecular formula is C23H35IN4O3. The van der Waals surface area contributed by atoms with Gasteiger partial charge in [-0.1, -0.05) is 18.2 Å². The zero-order chi connectivity index (χ0) is 21.4. The molecule has 1 atom stereocenters. The number of pyridine rings is 1. The lowest BCUT2D eigenvalue weighted by Crippen LogP contribution is -2.41. The van der Waals surface area contributed by atoms with Crippen molar-refractivity contribution in [3.8, 4) is 5.75 Å². The van der Waals surface area contributed by atoms with Crippen molar-refractivity contribution in [2.24, 2.45) is 10.9 Å². The van der Waals surface area contributed by atoms with E-state index in [2.05, 4.69) is 15.6 Å². The third-order valence-electron chi connectivity index (χ3n) is 4.58. The second-order valence-corrected chi connectivity index (χ2v) is 6.94. The summed E-state index contributed by atoms with van der Waals surface area (Å²) >= 11 is 0. The summed E-state index contributed by atoms with van der Waals surface area (Å²) in [6.07, 6.45) is 3.38. The lowest BCUT2D eigenvalue weighted by atomic mass is 10.0. The van der Waals surface area contributed by atoms with Gasteiger partial charge in [-0.3, -0.25) is 4.98 Å². The van der Waals surface area contributed by atoms with Crippen molar-refractivity contribution in [2.45, 2.75) is 26.3 Å². The highest BCUT2D eigenvalue weighted by molar-refractivity contribution is 14.0. The molecule has 0 fully saturated rings. The quantitative estimate of drug-likeness (QED) is 0.156. The number of benzene rings is 1. The summed E-state index contributed by atoms with van der Waals surface area (Å²) in [6.45, 7) is 5.43. The summed E-state index contributed by atoms with van der Waals surface area (Å²) in [5.74, 6) is 1.61. The molecule has 172 valence electrons. The summed E-state index contributed by atoms with van der Waals surface area (Å²) in [5.41, 5.74) is 2.07. The summed E-state index contributed by atoms with van der Waals surface area (Å²) in [7, 11) is 1.66. The van der Waals surface area contributed by atoms with Crippen LogP contribution in [0, 0.1) is 5.92 Å². The van der Waals surface area contributed by atoms with Crippen LogP contribution < -0.4 is 15.4 Å². The number of aromatic nitrogens is 1. The molecule has 0 aliphatic heterocycles. The largest absolute Gasteiger partial charge is 0.497 e. The number of rotatable bonds is 13. The molecule has 8 heteroatoms. The number of ether oxygens (including phenoxy) is 2. The summed E-state index contributed by atoms with van der Waals surface area (Å²) in [4.78, 5) is 9.05. The van der Waals surface area contributed by atoms with E-state index in [1.54, 1.807) is 13.3 Å². The molecule has 2 rings (SSSR count). The van der Waals surface area contributed by atoms with Crippen LogP contribution in [-0.4, -0.2) is 56.1 Å². The second kappa shape index (κ2) is 16.7. The molecule has 1 aromatic carbocycles. The molecule has 0 saturated heterocycles. The molecule has 2 aromatic rings. The number of nitrogens with one attached hydrogen (secondary N) is 2. The molecule has 0 aliphatic carbocycles. The van der Waals surface area contributed by atoms with Gasteiger partial charge in [0.15, 0.2) is 5.96 Å². The van der Waals surface area contributed by atoms with Gasteiger partial charge in [0.05, 0.1) is 13.7 Å². The van der Waals surface area contributed by atoms with E-state index in [1.807, 2.05) is 49.4 Å². The number of methoxy groups -OCH3 is 1. The molecule has 1 heterocycles. The average Bonchev–Trinajstić information content (AvgIpc) is 2.80. The third-order valence-corrected chi connectivity index (χ3v) is 4.58. The SMILES string of the molecule is CCOCCCNC(=NCc1ccc(OC)cc1)NCC(CO)Cc1ccccn1.I. The Kier molecular flexibility index (Phi) is 14.6. The fourth-order valence-electron chi connectivity index (χ4n) is 2.86. The smallest absolute Gasteiger partial charge is 0.191 e. The van der Waals surface area contributed by atoms with Gasteiger partial charge in [0.2, 0.25) is 0 Å². The molecule has 0 radical (unpaired) electrons. The van der Waals surface area contributed by atoms with Crippen molar-refractivity contribution in [1.82, 2.24) is 15.6 Å². The summed E-state index contributed by atoms with van der Waals surface area (Å²) in [6, 6.07) is 13.7. The van der Waals surface area contributed by atoms with Crippen molar-refractivity contribution in [1.29, 1.82) is 0 Å². The minimum absolute atomic E-state index is 0. The van der Waals surface area contributed by atoms with Crippen molar-refractivity contribution in [3.05, 3.63) is 59.9 Å². The number of aliphatic imine (C=N–C) groups is 1.